The fourth-order valence-corrected chi connectivity index (χ4v) is 2.14. The predicted molar refractivity (Wildman–Crippen MR) is 70.8 cm³/mol. The van der Waals surface area contributed by atoms with Crippen LogP contribution in [0.15, 0.2) is 33.7 Å². The van der Waals surface area contributed by atoms with Crippen LogP contribution in [0.4, 0.5) is 11.4 Å². The van der Waals surface area contributed by atoms with Crippen LogP contribution in [0, 0.1) is 6.92 Å². The Morgan fingerprint density at radius 1 is 1.37 bits per heavy atom. The zero-order chi connectivity index (χ0) is 14.0. The van der Waals surface area contributed by atoms with Gasteiger partial charge in [-0.25, -0.2) is 18.5 Å². The van der Waals surface area contributed by atoms with Gasteiger partial charge in [-0.05, 0) is 25.1 Å². The van der Waals surface area contributed by atoms with E-state index in [1.807, 2.05) is 0 Å². The smallest absolute Gasteiger partial charge is 0.238 e. The van der Waals surface area contributed by atoms with Crippen LogP contribution in [0.3, 0.4) is 0 Å². The van der Waals surface area contributed by atoms with Crippen LogP contribution in [0.2, 0.25) is 0 Å². The Morgan fingerprint density at radius 3 is 2.68 bits per heavy atom. The number of sulfonamides is 1. The summed E-state index contributed by atoms with van der Waals surface area (Å²) in [5.41, 5.74) is 6.46. The van der Waals surface area contributed by atoms with Gasteiger partial charge in [0.15, 0.2) is 0 Å². The number of oxazole rings is 1. The number of primary sulfonamides is 1. The highest BCUT2D eigenvalue weighted by molar-refractivity contribution is 7.89. The van der Waals surface area contributed by atoms with Crippen LogP contribution >= 0.6 is 0 Å². The summed E-state index contributed by atoms with van der Waals surface area (Å²) in [5, 5.41) is 8.03. The maximum absolute atomic E-state index is 11.3. The molecule has 1 heterocycles. The number of nitrogens with two attached hydrogens (primary N) is 2. The number of hydrogen-bond acceptors (Lipinski definition) is 6. The van der Waals surface area contributed by atoms with Gasteiger partial charge in [-0.1, -0.05) is 0 Å². The Bertz CT molecular complexity index is 694. The Morgan fingerprint density at radius 2 is 2.11 bits per heavy atom. The second-order valence-electron chi connectivity index (χ2n) is 4.05. The molecule has 0 atom stereocenters. The highest BCUT2D eigenvalue weighted by atomic mass is 32.2. The Kier molecular flexibility index (Phi) is 3.45. The summed E-state index contributed by atoms with van der Waals surface area (Å²) in [5.74, 6) is 1.20. The van der Waals surface area contributed by atoms with E-state index in [2.05, 4.69) is 10.3 Å². The van der Waals surface area contributed by atoms with Crippen LogP contribution in [0.25, 0.3) is 0 Å². The molecule has 1 aromatic heterocycles. The molecule has 1 aromatic carbocycles. The average Bonchev–Trinajstić information content (AvgIpc) is 2.71. The highest BCUT2D eigenvalue weighted by Crippen LogP contribution is 2.20. The molecule has 19 heavy (non-hydrogen) atoms. The Balaban J connectivity index is 2.19. The van der Waals surface area contributed by atoms with Crippen molar-refractivity contribution < 1.29 is 12.8 Å². The number of nitrogens with one attached hydrogen (secondary N) is 1. The number of nitrogen functional groups attached to an aromatic ring is 1. The minimum Gasteiger partial charge on any atom is -0.444 e. The van der Waals surface area contributed by atoms with Crippen molar-refractivity contribution in [2.45, 2.75) is 18.4 Å². The quantitative estimate of drug-likeness (QED) is 0.713. The number of rotatable bonds is 4. The zero-order valence-electron chi connectivity index (χ0n) is 10.3. The lowest BCUT2D eigenvalue weighted by Gasteiger charge is -2.07. The molecule has 0 saturated heterocycles. The van der Waals surface area contributed by atoms with Crippen molar-refractivity contribution in [2.24, 2.45) is 5.14 Å². The van der Waals surface area contributed by atoms with E-state index < -0.39 is 10.0 Å². The summed E-state index contributed by atoms with van der Waals surface area (Å²) < 4.78 is 27.8. The van der Waals surface area contributed by atoms with Gasteiger partial charge >= 0.3 is 0 Å². The third-order valence-corrected chi connectivity index (χ3v) is 3.26. The maximum Gasteiger partial charge on any atom is 0.238 e. The van der Waals surface area contributed by atoms with E-state index in [9.17, 15) is 8.42 Å². The molecular formula is C11H14N4O3S. The van der Waals surface area contributed by atoms with Gasteiger partial charge in [0, 0.05) is 11.4 Å². The van der Waals surface area contributed by atoms with Crippen molar-refractivity contribution >= 4 is 21.4 Å². The van der Waals surface area contributed by atoms with E-state index in [0.29, 0.717) is 29.6 Å². The van der Waals surface area contributed by atoms with Gasteiger partial charge in [0.2, 0.25) is 15.9 Å². The number of anilines is 2. The first-order chi connectivity index (χ1) is 8.84. The highest BCUT2D eigenvalue weighted by Gasteiger charge is 2.10. The topological polar surface area (TPSA) is 124 Å². The molecule has 5 N–H and O–H groups in total. The predicted octanol–water partition coefficient (Wildman–Crippen LogP) is 0.825. The molecule has 0 saturated carbocycles. The van der Waals surface area contributed by atoms with Gasteiger partial charge < -0.3 is 15.5 Å². The molecule has 0 aliphatic carbocycles. The minimum atomic E-state index is -3.79. The van der Waals surface area contributed by atoms with E-state index in [1.54, 1.807) is 19.2 Å². The van der Waals surface area contributed by atoms with E-state index in [4.69, 9.17) is 15.3 Å². The van der Waals surface area contributed by atoms with Crippen LogP contribution < -0.4 is 16.2 Å². The molecule has 0 aliphatic rings. The van der Waals surface area contributed by atoms with Gasteiger partial charge in [-0.2, -0.15) is 0 Å². The number of benzene rings is 1. The summed E-state index contributed by atoms with van der Waals surface area (Å²) in [6.45, 7) is 2.11. The van der Waals surface area contributed by atoms with Gasteiger partial charge in [0.25, 0.3) is 0 Å². The summed E-state index contributed by atoms with van der Waals surface area (Å²) in [4.78, 5) is 3.98. The van der Waals surface area contributed by atoms with Crippen molar-refractivity contribution in [1.29, 1.82) is 0 Å². The molecule has 7 nitrogen and oxygen atoms in total. The molecule has 0 unspecified atom stereocenters. The van der Waals surface area contributed by atoms with Crippen molar-refractivity contribution in [2.75, 3.05) is 11.1 Å². The third kappa shape index (κ3) is 3.46. The molecular weight excluding hydrogens is 268 g/mol. The first-order valence-corrected chi connectivity index (χ1v) is 6.98. The van der Waals surface area contributed by atoms with Gasteiger partial charge in [-0.3, -0.25) is 0 Å². The number of nitrogens with zero attached hydrogens (tertiary/aromatic N) is 1. The van der Waals surface area contributed by atoms with Gasteiger partial charge in [-0.15, -0.1) is 0 Å². The van der Waals surface area contributed by atoms with E-state index in [0.717, 1.165) is 0 Å². The molecule has 2 aromatic rings. The number of aryl methyl sites for hydroxylation is 1. The zero-order valence-corrected chi connectivity index (χ0v) is 11.1. The van der Waals surface area contributed by atoms with Gasteiger partial charge in [0.05, 0.1) is 17.6 Å². The summed E-state index contributed by atoms with van der Waals surface area (Å²) >= 11 is 0. The number of aromatic nitrogens is 1. The third-order valence-electron chi connectivity index (χ3n) is 2.37. The fourth-order valence-electron chi connectivity index (χ4n) is 1.55. The molecule has 0 amide bonds. The lowest BCUT2D eigenvalue weighted by atomic mass is 10.3. The average molecular weight is 282 g/mol. The second kappa shape index (κ2) is 4.90. The monoisotopic (exact) mass is 282 g/mol. The van der Waals surface area contributed by atoms with Crippen LogP contribution in [-0.4, -0.2) is 13.4 Å². The van der Waals surface area contributed by atoms with E-state index >= 15 is 0 Å². The second-order valence-corrected chi connectivity index (χ2v) is 5.62. The van der Waals surface area contributed by atoms with Crippen molar-refractivity contribution in [3.8, 4) is 0 Å². The lowest BCUT2D eigenvalue weighted by Crippen LogP contribution is -2.13. The Labute approximate surface area is 110 Å². The normalized spacial score (nSPS) is 11.5. The molecule has 8 heteroatoms. The SMILES string of the molecule is Cc1cnc(CNc2cc(N)cc(S(N)(=O)=O)c2)o1. The summed E-state index contributed by atoms with van der Waals surface area (Å²) in [6, 6.07) is 4.31. The van der Waals surface area contributed by atoms with Crippen molar-refractivity contribution in [1.82, 2.24) is 4.98 Å². The first-order valence-electron chi connectivity index (χ1n) is 5.43. The number of hydrogen-bond donors (Lipinski definition) is 3. The molecule has 102 valence electrons. The largest absolute Gasteiger partial charge is 0.444 e. The van der Waals surface area contributed by atoms with Crippen molar-refractivity contribution in [3.63, 3.8) is 0 Å². The molecule has 0 spiro atoms. The fraction of sp³-hybridized carbons (Fsp3) is 0.182. The molecule has 0 fully saturated rings. The van der Waals surface area contributed by atoms with Gasteiger partial charge in [0.1, 0.15) is 5.76 Å². The van der Waals surface area contributed by atoms with Crippen molar-refractivity contribution in [3.05, 3.63) is 36.0 Å². The van der Waals surface area contributed by atoms with Crippen LogP contribution in [-0.2, 0) is 16.6 Å². The van der Waals surface area contributed by atoms with E-state index in [-0.39, 0.29) is 4.90 Å². The molecule has 2 rings (SSSR count). The molecule has 0 radical (unpaired) electrons. The maximum atomic E-state index is 11.3. The minimum absolute atomic E-state index is 0.0430. The molecule has 0 bridgehead atoms. The summed E-state index contributed by atoms with van der Waals surface area (Å²) in [7, 11) is -3.79. The lowest BCUT2D eigenvalue weighted by molar-refractivity contribution is 0.479. The Hall–Kier alpha value is -2.06. The van der Waals surface area contributed by atoms with E-state index in [1.165, 1.54) is 12.1 Å². The van der Waals surface area contributed by atoms with Crippen LogP contribution in [0.5, 0.6) is 0 Å². The molecule has 0 aliphatic heterocycles. The first kappa shape index (κ1) is 13.4. The van der Waals surface area contributed by atoms with Crippen LogP contribution in [0.1, 0.15) is 11.7 Å². The summed E-state index contributed by atoms with van der Waals surface area (Å²) in [6.07, 6.45) is 1.60. The standard InChI is InChI=1S/C11H14N4O3S/c1-7-5-15-11(18-7)6-14-9-2-8(12)3-10(4-9)19(13,16)17/h2-5,14H,6,12H2,1H3,(H2,13,16,17).